The van der Waals surface area contributed by atoms with Crippen LogP contribution in [0.25, 0.3) is 11.4 Å². The second-order valence-corrected chi connectivity index (χ2v) is 7.74. The third kappa shape index (κ3) is 2.83. The Balaban J connectivity index is 1.76. The maximum atomic E-state index is 12.7. The van der Waals surface area contributed by atoms with E-state index in [1.54, 1.807) is 0 Å². The predicted octanol–water partition coefficient (Wildman–Crippen LogP) is 2.92. The lowest BCUT2D eigenvalue weighted by Crippen LogP contribution is -2.66. The van der Waals surface area contributed by atoms with Crippen LogP contribution in [-0.4, -0.2) is 38.2 Å². The molecule has 0 aliphatic carbocycles. The van der Waals surface area contributed by atoms with E-state index in [2.05, 4.69) is 37.9 Å². The van der Waals surface area contributed by atoms with Gasteiger partial charge in [-0.05, 0) is 5.92 Å². The number of amides is 1. The van der Waals surface area contributed by atoms with Crippen LogP contribution in [-0.2, 0) is 18.3 Å². The Morgan fingerprint density at radius 3 is 2.50 bits per heavy atom. The van der Waals surface area contributed by atoms with E-state index in [-0.39, 0.29) is 11.3 Å². The van der Waals surface area contributed by atoms with Gasteiger partial charge in [0.05, 0.1) is 6.42 Å². The Hall–Kier alpha value is -2.17. The quantitative estimate of drug-likeness (QED) is 0.868. The highest BCUT2D eigenvalue weighted by Crippen LogP contribution is 2.41. The fourth-order valence-electron chi connectivity index (χ4n) is 4.04. The molecule has 1 saturated heterocycles. The lowest BCUT2D eigenvalue weighted by molar-refractivity contribution is -0.155. The van der Waals surface area contributed by atoms with Gasteiger partial charge in [-0.15, -0.1) is 10.2 Å². The summed E-state index contributed by atoms with van der Waals surface area (Å²) in [7, 11) is 1.92. The highest BCUT2D eigenvalue weighted by Gasteiger charge is 2.49. The third-order valence-electron chi connectivity index (χ3n) is 4.97. The minimum atomic E-state index is 0.142. The summed E-state index contributed by atoms with van der Waals surface area (Å²) in [6, 6.07) is 10.2. The first kappa shape index (κ1) is 16.7. The van der Waals surface area contributed by atoms with Crippen molar-refractivity contribution in [3.63, 3.8) is 0 Å². The first-order valence-electron chi connectivity index (χ1n) is 8.54. The Bertz CT molecular complexity index is 733. The first-order valence-corrected chi connectivity index (χ1v) is 8.54. The molecule has 5 heteroatoms. The molecule has 2 heterocycles. The molecule has 0 bridgehead atoms. The summed E-state index contributed by atoms with van der Waals surface area (Å²) in [5, 5.41) is 8.51. The molecule has 1 amide bonds. The van der Waals surface area contributed by atoms with Gasteiger partial charge in [-0.25, -0.2) is 0 Å². The van der Waals surface area contributed by atoms with E-state index in [4.69, 9.17) is 0 Å². The SMILES string of the molecule is CC(C)C1N(C(=O)Cc2nnc(-c3ccccc3)n2C)CC1(C)C. The second-order valence-electron chi connectivity index (χ2n) is 7.74. The van der Waals surface area contributed by atoms with E-state index < -0.39 is 0 Å². The maximum absolute atomic E-state index is 12.7. The number of rotatable bonds is 4. The molecule has 1 atom stereocenters. The van der Waals surface area contributed by atoms with E-state index in [0.29, 0.717) is 24.2 Å². The van der Waals surface area contributed by atoms with Crippen molar-refractivity contribution in [1.29, 1.82) is 0 Å². The average molecular weight is 326 g/mol. The van der Waals surface area contributed by atoms with Crippen molar-refractivity contribution >= 4 is 5.91 Å². The normalized spacial score (nSPS) is 19.4. The monoisotopic (exact) mass is 326 g/mol. The highest BCUT2D eigenvalue weighted by atomic mass is 16.2. The number of carbonyl (C=O) groups excluding carboxylic acids is 1. The Kier molecular flexibility index (Phi) is 4.20. The molecule has 1 aromatic carbocycles. The average Bonchev–Trinajstić information content (AvgIpc) is 2.86. The summed E-state index contributed by atoms with van der Waals surface area (Å²) in [6.45, 7) is 9.65. The minimum Gasteiger partial charge on any atom is -0.338 e. The van der Waals surface area contributed by atoms with E-state index in [9.17, 15) is 4.79 Å². The minimum absolute atomic E-state index is 0.142. The smallest absolute Gasteiger partial charge is 0.230 e. The fourth-order valence-corrected chi connectivity index (χ4v) is 4.04. The summed E-state index contributed by atoms with van der Waals surface area (Å²) in [5.74, 6) is 2.11. The predicted molar refractivity (Wildman–Crippen MR) is 94.3 cm³/mol. The molecule has 1 aliphatic heterocycles. The van der Waals surface area contributed by atoms with Gasteiger partial charge in [-0.3, -0.25) is 4.79 Å². The van der Waals surface area contributed by atoms with Crippen LogP contribution in [0.1, 0.15) is 33.5 Å². The lowest BCUT2D eigenvalue weighted by Gasteiger charge is -2.56. The molecule has 0 N–H and O–H groups in total. The number of carbonyl (C=O) groups is 1. The van der Waals surface area contributed by atoms with E-state index in [1.165, 1.54) is 0 Å². The maximum Gasteiger partial charge on any atom is 0.230 e. The summed E-state index contributed by atoms with van der Waals surface area (Å²) in [5.41, 5.74) is 1.20. The van der Waals surface area contributed by atoms with Crippen LogP contribution < -0.4 is 0 Å². The molecule has 0 radical (unpaired) electrons. The summed E-state index contributed by atoms with van der Waals surface area (Å²) < 4.78 is 1.92. The zero-order chi connectivity index (χ0) is 17.5. The van der Waals surface area contributed by atoms with Crippen molar-refractivity contribution in [2.24, 2.45) is 18.4 Å². The van der Waals surface area contributed by atoms with Gasteiger partial charge in [0.25, 0.3) is 0 Å². The molecule has 3 rings (SSSR count). The number of hydrogen-bond acceptors (Lipinski definition) is 3. The van der Waals surface area contributed by atoms with Gasteiger partial charge in [0.1, 0.15) is 5.82 Å². The van der Waals surface area contributed by atoms with Gasteiger partial charge in [0.2, 0.25) is 5.91 Å². The van der Waals surface area contributed by atoms with Crippen molar-refractivity contribution in [2.45, 2.75) is 40.2 Å². The fraction of sp³-hybridized carbons (Fsp3) is 0.526. The molecule has 1 aromatic heterocycles. The van der Waals surface area contributed by atoms with Gasteiger partial charge in [-0.1, -0.05) is 58.0 Å². The van der Waals surface area contributed by atoms with Crippen LogP contribution >= 0.6 is 0 Å². The van der Waals surface area contributed by atoms with Crippen molar-refractivity contribution in [3.8, 4) is 11.4 Å². The Morgan fingerprint density at radius 1 is 1.25 bits per heavy atom. The second kappa shape index (κ2) is 6.04. The molecule has 2 aromatic rings. The van der Waals surface area contributed by atoms with E-state index >= 15 is 0 Å². The molecule has 128 valence electrons. The Morgan fingerprint density at radius 2 is 1.92 bits per heavy atom. The lowest BCUT2D eigenvalue weighted by atomic mass is 9.70. The zero-order valence-corrected chi connectivity index (χ0v) is 15.2. The Labute approximate surface area is 143 Å². The van der Waals surface area contributed by atoms with Gasteiger partial charge < -0.3 is 9.47 Å². The van der Waals surface area contributed by atoms with E-state index in [0.717, 1.165) is 17.9 Å². The molecule has 5 nitrogen and oxygen atoms in total. The number of likely N-dealkylation sites (tertiary alicyclic amines) is 1. The topological polar surface area (TPSA) is 51.0 Å². The van der Waals surface area contributed by atoms with Crippen LogP contribution in [0, 0.1) is 11.3 Å². The molecule has 1 unspecified atom stereocenters. The molecular weight excluding hydrogens is 300 g/mol. The van der Waals surface area contributed by atoms with Crippen molar-refractivity contribution in [3.05, 3.63) is 36.2 Å². The van der Waals surface area contributed by atoms with Crippen LogP contribution in [0.5, 0.6) is 0 Å². The first-order chi connectivity index (χ1) is 11.3. The van der Waals surface area contributed by atoms with Crippen LogP contribution in [0.2, 0.25) is 0 Å². The van der Waals surface area contributed by atoms with Crippen molar-refractivity contribution < 1.29 is 4.79 Å². The molecule has 1 fully saturated rings. The summed E-state index contributed by atoms with van der Waals surface area (Å²) >= 11 is 0. The molecule has 0 saturated carbocycles. The van der Waals surface area contributed by atoms with Crippen molar-refractivity contribution in [2.75, 3.05) is 6.54 Å². The van der Waals surface area contributed by atoms with Crippen LogP contribution in [0.4, 0.5) is 0 Å². The molecule has 1 aliphatic rings. The third-order valence-corrected chi connectivity index (χ3v) is 4.97. The van der Waals surface area contributed by atoms with Gasteiger partial charge >= 0.3 is 0 Å². The number of nitrogens with zero attached hydrogens (tertiary/aromatic N) is 4. The van der Waals surface area contributed by atoms with Gasteiger partial charge in [0, 0.05) is 30.6 Å². The summed E-state index contributed by atoms with van der Waals surface area (Å²) in [6.07, 6.45) is 0.301. The largest absolute Gasteiger partial charge is 0.338 e. The van der Waals surface area contributed by atoms with Crippen LogP contribution in [0.15, 0.2) is 30.3 Å². The van der Waals surface area contributed by atoms with Crippen LogP contribution in [0.3, 0.4) is 0 Å². The van der Waals surface area contributed by atoms with Gasteiger partial charge in [0.15, 0.2) is 5.82 Å². The highest BCUT2D eigenvalue weighted by molar-refractivity contribution is 5.79. The standard InChI is InChI=1S/C19H26N4O/c1-13(2)17-19(3,4)12-23(17)16(24)11-15-20-21-18(22(15)5)14-9-7-6-8-10-14/h6-10,13,17H,11-12H2,1-5H3. The molecular formula is C19H26N4O. The molecule has 0 spiro atoms. The number of aromatic nitrogens is 3. The number of hydrogen-bond donors (Lipinski definition) is 0. The van der Waals surface area contributed by atoms with Crippen molar-refractivity contribution in [1.82, 2.24) is 19.7 Å². The van der Waals surface area contributed by atoms with Gasteiger partial charge in [-0.2, -0.15) is 0 Å². The van der Waals surface area contributed by atoms with E-state index in [1.807, 2.05) is 46.8 Å². The summed E-state index contributed by atoms with van der Waals surface area (Å²) in [4.78, 5) is 14.7. The number of benzene rings is 1. The zero-order valence-electron chi connectivity index (χ0n) is 15.2. The molecule has 24 heavy (non-hydrogen) atoms.